The second-order valence-electron chi connectivity index (χ2n) is 7.65. The third kappa shape index (κ3) is 4.36. The predicted molar refractivity (Wildman–Crippen MR) is 129 cm³/mol. The molecule has 0 aliphatic rings. The van der Waals surface area contributed by atoms with E-state index in [-0.39, 0.29) is 5.78 Å². The molecule has 158 valence electrons. The van der Waals surface area contributed by atoms with E-state index in [2.05, 4.69) is 23.2 Å². The van der Waals surface area contributed by atoms with Gasteiger partial charge in [0.1, 0.15) is 5.69 Å². The van der Waals surface area contributed by atoms with E-state index in [1.807, 2.05) is 58.6 Å². The fraction of sp³-hybridized carbons (Fsp3) is 0.154. The van der Waals surface area contributed by atoms with E-state index >= 15 is 0 Å². The Labute approximate surface area is 190 Å². The van der Waals surface area contributed by atoms with Gasteiger partial charge in [-0.1, -0.05) is 36.4 Å². The number of unbranched alkanes of at least 4 members (excludes halogenated alkanes) is 1. The third-order valence-electron chi connectivity index (χ3n) is 5.42. The number of Topliss-reactive ketones (excluding diaryl/α,β-unsaturated/α-hetero) is 1. The summed E-state index contributed by atoms with van der Waals surface area (Å²) in [6.07, 6.45) is 7.83. The Hall–Kier alpha value is -3.64. The Kier molecular flexibility index (Phi) is 5.85. The lowest BCUT2D eigenvalue weighted by atomic mass is 10.0. The molecule has 3 heterocycles. The normalized spacial score (nSPS) is 11.1. The van der Waals surface area contributed by atoms with E-state index in [0.29, 0.717) is 12.0 Å². The van der Waals surface area contributed by atoms with Gasteiger partial charge in [0.2, 0.25) is 0 Å². The maximum Gasteiger partial charge on any atom is 0.162 e. The van der Waals surface area contributed by atoms with Gasteiger partial charge in [-0.25, -0.2) is 15.0 Å². The van der Waals surface area contributed by atoms with Gasteiger partial charge >= 0.3 is 0 Å². The zero-order valence-electron chi connectivity index (χ0n) is 17.5. The molecule has 32 heavy (non-hydrogen) atoms. The van der Waals surface area contributed by atoms with Gasteiger partial charge in [-0.15, -0.1) is 11.3 Å². The van der Waals surface area contributed by atoms with E-state index in [1.54, 1.807) is 23.9 Å². The molecule has 0 amide bonds. The zero-order chi connectivity index (χ0) is 21.8. The molecule has 0 unspecified atom stereocenters. The Morgan fingerprint density at radius 2 is 1.78 bits per heavy atom. The van der Waals surface area contributed by atoms with Gasteiger partial charge < -0.3 is 4.57 Å². The average molecular weight is 439 g/mol. The van der Waals surface area contributed by atoms with Crippen LogP contribution in [0.25, 0.3) is 32.9 Å². The third-order valence-corrected chi connectivity index (χ3v) is 6.29. The summed E-state index contributed by atoms with van der Waals surface area (Å²) < 4.78 is 2.03. The zero-order valence-corrected chi connectivity index (χ0v) is 18.3. The number of benzene rings is 2. The molecule has 0 atom stereocenters. The molecule has 5 nitrogen and oxygen atoms in total. The summed E-state index contributed by atoms with van der Waals surface area (Å²) in [5.41, 5.74) is 4.98. The van der Waals surface area contributed by atoms with Crippen LogP contribution in [0, 0.1) is 0 Å². The quantitative estimate of drug-likeness (QED) is 0.211. The van der Waals surface area contributed by atoms with Crippen molar-refractivity contribution in [3.63, 3.8) is 0 Å². The smallest absolute Gasteiger partial charge is 0.162 e. The van der Waals surface area contributed by atoms with Crippen LogP contribution in [0.4, 0.5) is 0 Å². The molecule has 0 spiro atoms. The Balaban J connectivity index is 1.41. The van der Waals surface area contributed by atoms with E-state index < -0.39 is 0 Å². The number of rotatable bonds is 8. The SMILES string of the molecule is O=C(CCCCn1ccnc1)c1ccc2nc(-c3ccccc3)c(-c3cccs3)nc2c1. The van der Waals surface area contributed by atoms with Crippen LogP contribution in [-0.4, -0.2) is 25.3 Å². The summed E-state index contributed by atoms with van der Waals surface area (Å²) in [6, 6.07) is 19.8. The van der Waals surface area contributed by atoms with Gasteiger partial charge in [0.25, 0.3) is 0 Å². The van der Waals surface area contributed by atoms with Gasteiger partial charge in [0, 0.05) is 36.5 Å². The minimum atomic E-state index is 0.143. The number of nitrogens with zero attached hydrogens (tertiary/aromatic N) is 4. The molecule has 3 aromatic heterocycles. The van der Waals surface area contributed by atoms with Crippen LogP contribution in [0.5, 0.6) is 0 Å². The number of ketones is 1. The maximum absolute atomic E-state index is 12.8. The first-order valence-electron chi connectivity index (χ1n) is 10.7. The summed E-state index contributed by atoms with van der Waals surface area (Å²) in [5.74, 6) is 0.143. The summed E-state index contributed by atoms with van der Waals surface area (Å²) in [5, 5.41) is 2.04. The summed E-state index contributed by atoms with van der Waals surface area (Å²) in [4.78, 5) is 27.8. The van der Waals surface area contributed by atoms with Crippen molar-refractivity contribution in [2.24, 2.45) is 0 Å². The number of fused-ring (bicyclic) bond motifs is 1. The number of carbonyl (C=O) groups is 1. The number of imidazole rings is 1. The van der Waals surface area contributed by atoms with Crippen molar-refractivity contribution in [1.82, 2.24) is 19.5 Å². The monoisotopic (exact) mass is 438 g/mol. The van der Waals surface area contributed by atoms with E-state index in [0.717, 1.165) is 52.2 Å². The molecule has 0 radical (unpaired) electrons. The van der Waals surface area contributed by atoms with Crippen LogP contribution in [0.15, 0.2) is 84.8 Å². The van der Waals surface area contributed by atoms with E-state index in [9.17, 15) is 4.79 Å². The van der Waals surface area contributed by atoms with Gasteiger partial charge in [0.05, 0.1) is 27.9 Å². The fourth-order valence-corrected chi connectivity index (χ4v) is 4.47. The Morgan fingerprint density at radius 3 is 2.56 bits per heavy atom. The second kappa shape index (κ2) is 9.24. The van der Waals surface area contributed by atoms with Gasteiger partial charge in [0.15, 0.2) is 5.78 Å². The highest BCUT2D eigenvalue weighted by atomic mass is 32.1. The largest absolute Gasteiger partial charge is 0.337 e. The van der Waals surface area contributed by atoms with Crippen molar-refractivity contribution in [3.05, 3.63) is 90.3 Å². The van der Waals surface area contributed by atoms with Crippen molar-refractivity contribution < 1.29 is 4.79 Å². The van der Waals surface area contributed by atoms with Crippen LogP contribution in [-0.2, 0) is 6.54 Å². The second-order valence-corrected chi connectivity index (χ2v) is 8.60. The number of carbonyl (C=O) groups excluding carboxylic acids is 1. The summed E-state index contributed by atoms with van der Waals surface area (Å²) in [7, 11) is 0. The highest BCUT2D eigenvalue weighted by Gasteiger charge is 2.15. The first-order valence-corrected chi connectivity index (χ1v) is 11.6. The van der Waals surface area contributed by atoms with Crippen LogP contribution < -0.4 is 0 Å². The Morgan fingerprint density at radius 1 is 0.906 bits per heavy atom. The molecule has 0 saturated carbocycles. The van der Waals surface area contributed by atoms with E-state index in [4.69, 9.17) is 9.97 Å². The van der Waals surface area contributed by atoms with Crippen molar-refractivity contribution in [3.8, 4) is 21.8 Å². The number of hydrogen-bond acceptors (Lipinski definition) is 5. The standard InChI is InChI=1S/C26H22N4OS/c31-23(9-4-5-14-30-15-13-27-18-30)20-11-12-21-22(17-20)29-26(24-10-6-16-32-24)25(28-21)19-7-2-1-3-8-19/h1-3,6-8,10-13,15-18H,4-5,9,14H2. The van der Waals surface area contributed by atoms with Crippen molar-refractivity contribution in [2.75, 3.05) is 0 Å². The molecule has 2 aromatic carbocycles. The Bertz CT molecular complexity index is 1330. The lowest BCUT2D eigenvalue weighted by Gasteiger charge is -2.10. The molecule has 0 aliphatic carbocycles. The van der Waals surface area contributed by atoms with Gasteiger partial charge in [-0.2, -0.15) is 0 Å². The summed E-state index contributed by atoms with van der Waals surface area (Å²) >= 11 is 1.64. The average Bonchev–Trinajstić information content (AvgIpc) is 3.56. The maximum atomic E-state index is 12.8. The lowest BCUT2D eigenvalue weighted by Crippen LogP contribution is -2.02. The molecule has 5 aromatic rings. The van der Waals surface area contributed by atoms with Crippen LogP contribution in [0.3, 0.4) is 0 Å². The number of hydrogen-bond donors (Lipinski definition) is 0. The highest BCUT2D eigenvalue weighted by Crippen LogP contribution is 2.33. The van der Waals surface area contributed by atoms with Crippen molar-refractivity contribution >= 4 is 28.2 Å². The topological polar surface area (TPSA) is 60.7 Å². The molecule has 0 aliphatic heterocycles. The highest BCUT2D eigenvalue weighted by molar-refractivity contribution is 7.13. The molecule has 0 fully saturated rings. The minimum absolute atomic E-state index is 0.143. The van der Waals surface area contributed by atoms with Gasteiger partial charge in [-0.05, 0) is 42.5 Å². The molecular formula is C26H22N4OS. The van der Waals surface area contributed by atoms with Gasteiger partial charge in [-0.3, -0.25) is 4.79 Å². The molecule has 0 bridgehead atoms. The molecule has 5 rings (SSSR count). The number of thiophene rings is 1. The van der Waals surface area contributed by atoms with Crippen LogP contribution in [0.1, 0.15) is 29.6 Å². The molecular weight excluding hydrogens is 416 g/mol. The fourth-order valence-electron chi connectivity index (χ4n) is 3.75. The number of aryl methyl sites for hydroxylation is 1. The molecule has 0 saturated heterocycles. The van der Waals surface area contributed by atoms with Crippen molar-refractivity contribution in [1.29, 1.82) is 0 Å². The minimum Gasteiger partial charge on any atom is -0.337 e. The summed E-state index contributed by atoms with van der Waals surface area (Å²) in [6.45, 7) is 0.878. The van der Waals surface area contributed by atoms with Crippen LogP contribution in [0.2, 0.25) is 0 Å². The number of aromatic nitrogens is 4. The van der Waals surface area contributed by atoms with Crippen molar-refractivity contribution in [2.45, 2.75) is 25.8 Å². The van der Waals surface area contributed by atoms with Crippen LogP contribution >= 0.6 is 11.3 Å². The van der Waals surface area contributed by atoms with E-state index in [1.165, 1.54) is 0 Å². The molecule has 0 N–H and O–H groups in total. The molecule has 6 heteroatoms. The lowest BCUT2D eigenvalue weighted by molar-refractivity contribution is 0.0979. The first kappa shape index (κ1) is 20.3. The predicted octanol–water partition coefficient (Wildman–Crippen LogP) is 6.28. The first-order chi connectivity index (χ1) is 15.8.